The molecule has 142 valence electrons. The van der Waals surface area contributed by atoms with Gasteiger partial charge in [0.25, 0.3) is 10.0 Å². The molecule has 0 aliphatic rings. The van der Waals surface area contributed by atoms with Gasteiger partial charge in [-0.15, -0.1) is 10.2 Å². The molecule has 0 saturated heterocycles. The minimum Gasteiger partial charge on any atom is -0.378 e. The van der Waals surface area contributed by atoms with Gasteiger partial charge in [-0.2, -0.15) is 0 Å². The van der Waals surface area contributed by atoms with E-state index in [0.29, 0.717) is 5.82 Å². The zero-order chi connectivity index (χ0) is 19.6. The van der Waals surface area contributed by atoms with Crippen molar-refractivity contribution in [1.29, 1.82) is 0 Å². The lowest BCUT2D eigenvalue weighted by Gasteiger charge is -2.13. The average molecular weight is 388 g/mol. The van der Waals surface area contributed by atoms with E-state index in [0.717, 1.165) is 11.4 Å². The number of rotatable bonds is 6. The van der Waals surface area contributed by atoms with Crippen molar-refractivity contribution in [3.05, 3.63) is 47.9 Å². The van der Waals surface area contributed by atoms with E-state index in [1.54, 1.807) is 13.0 Å². The molecule has 0 aliphatic carbocycles. The lowest BCUT2D eigenvalue weighted by Crippen LogP contribution is -2.15. The van der Waals surface area contributed by atoms with E-state index in [9.17, 15) is 8.42 Å². The summed E-state index contributed by atoms with van der Waals surface area (Å²) in [5.74, 6) is 0.809. The van der Waals surface area contributed by atoms with Crippen LogP contribution in [0.2, 0.25) is 0 Å². The molecule has 0 aliphatic heterocycles. The van der Waals surface area contributed by atoms with E-state index < -0.39 is 10.0 Å². The van der Waals surface area contributed by atoms with Gasteiger partial charge in [0, 0.05) is 25.5 Å². The number of sulfonamides is 1. The van der Waals surface area contributed by atoms with Gasteiger partial charge in [-0.25, -0.2) is 8.42 Å². The van der Waals surface area contributed by atoms with E-state index >= 15 is 0 Å². The predicted octanol–water partition coefficient (Wildman–Crippen LogP) is 2.69. The zero-order valence-electron chi connectivity index (χ0n) is 15.4. The Morgan fingerprint density at radius 1 is 0.963 bits per heavy atom. The second-order valence-electron chi connectivity index (χ2n) is 6.13. The molecule has 1 aromatic carbocycles. The number of nitrogens with one attached hydrogen (secondary N) is 2. The summed E-state index contributed by atoms with van der Waals surface area (Å²) in [6.45, 7) is 3.10. The Kier molecular flexibility index (Phi) is 5.00. The number of anilines is 4. The van der Waals surface area contributed by atoms with E-state index in [1.807, 2.05) is 43.3 Å². The molecule has 2 aromatic heterocycles. The highest BCUT2D eigenvalue weighted by molar-refractivity contribution is 7.92. The van der Waals surface area contributed by atoms with Crippen LogP contribution in [0.3, 0.4) is 0 Å². The molecule has 3 rings (SSSR count). The van der Waals surface area contributed by atoms with Crippen molar-refractivity contribution in [3.8, 4) is 0 Å². The van der Waals surface area contributed by atoms with Crippen LogP contribution >= 0.6 is 0 Å². The van der Waals surface area contributed by atoms with Crippen LogP contribution in [0.25, 0.3) is 0 Å². The minimum absolute atomic E-state index is 0.00693. The van der Waals surface area contributed by atoms with Crippen molar-refractivity contribution in [1.82, 2.24) is 15.4 Å². The molecule has 9 nitrogen and oxygen atoms in total. The maximum atomic E-state index is 12.5. The first-order valence-electron chi connectivity index (χ1n) is 8.10. The van der Waals surface area contributed by atoms with E-state index in [-0.39, 0.29) is 22.2 Å². The molecule has 10 heteroatoms. The highest BCUT2D eigenvalue weighted by atomic mass is 32.2. The summed E-state index contributed by atoms with van der Waals surface area (Å²) in [4.78, 5) is 2.01. The average Bonchev–Trinajstić information content (AvgIpc) is 2.96. The Hall–Kier alpha value is -3.14. The number of aryl methyl sites for hydroxylation is 2. The Morgan fingerprint density at radius 3 is 2.11 bits per heavy atom. The molecule has 3 aromatic rings. The fourth-order valence-electron chi connectivity index (χ4n) is 2.49. The Morgan fingerprint density at radius 2 is 1.59 bits per heavy atom. The van der Waals surface area contributed by atoms with Crippen molar-refractivity contribution in [2.24, 2.45) is 0 Å². The van der Waals surface area contributed by atoms with Crippen molar-refractivity contribution < 1.29 is 12.9 Å². The van der Waals surface area contributed by atoms with Crippen molar-refractivity contribution in [2.45, 2.75) is 18.7 Å². The third-order valence-electron chi connectivity index (χ3n) is 3.80. The zero-order valence-corrected chi connectivity index (χ0v) is 16.2. The number of aromatic nitrogens is 3. The normalized spacial score (nSPS) is 11.3. The number of benzene rings is 1. The first-order chi connectivity index (χ1) is 12.8. The quantitative estimate of drug-likeness (QED) is 0.663. The van der Waals surface area contributed by atoms with Gasteiger partial charge < -0.3 is 14.7 Å². The van der Waals surface area contributed by atoms with Gasteiger partial charge in [0.15, 0.2) is 22.3 Å². The van der Waals surface area contributed by atoms with Crippen LogP contribution in [0, 0.1) is 13.8 Å². The number of hydrogen-bond acceptors (Lipinski definition) is 8. The molecule has 0 unspecified atom stereocenters. The lowest BCUT2D eigenvalue weighted by atomic mass is 10.2. The monoisotopic (exact) mass is 388 g/mol. The summed E-state index contributed by atoms with van der Waals surface area (Å²) < 4.78 is 32.2. The largest absolute Gasteiger partial charge is 0.378 e. The fourth-order valence-corrected chi connectivity index (χ4v) is 3.82. The molecular weight excluding hydrogens is 368 g/mol. The van der Waals surface area contributed by atoms with Gasteiger partial charge in [-0.1, -0.05) is 5.16 Å². The van der Waals surface area contributed by atoms with Gasteiger partial charge in [0.05, 0.1) is 0 Å². The van der Waals surface area contributed by atoms with Crippen LogP contribution in [0.4, 0.5) is 23.0 Å². The summed E-state index contributed by atoms with van der Waals surface area (Å²) in [5, 5.41) is 14.7. The second-order valence-corrected chi connectivity index (χ2v) is 7.75. The summed E-state index contributed by atoms with van der Waals surface area (Å²) >= 11 is 0. The third-order valence-corrected chi connectivity index (χ3v) is 5.39. The number of nitrogens with zero attached hydrogens (tertiary/aromatic N) is 4. The highest BCUT2D eigenvalue weighted by Crippen LogP contribution is 2.22. The molecular formula is C17H20N6O3S. The van der Waals surface area contributed by atoms with Crippen LogP contribution in [0.1, 0.15) is 11.5 Å². The molecule has 2 N–H and O–H groups in total. The van der Waals surface area contributed by atoms with E-state index in [4.69, 9.17) is 4.52 Å². The van der Waals surface area contributed by atoms with Crippen LogP contribution < -0.4 is 14.9 Å². The SMILES string of the molecule is Cc1noc(C)c1S(=O)(=O)Nc1ccc(Nc2ccc(N(C)C)cc2)nn1. The van der Waals surface area contributed by atoms with Crippen molar-refractivity contribution in [3.63, 3.8) is 0 Å². The maximum absolute atomic E-state index is 12.5. The molecule has 2 heterocycles. The topological polar surface area (TPSA) is 113 Å². The molecule has 0 radical (unpaired) electrons. The van der Waals surface area contributed by atoms with Gasteiger partial charge in [0.2, 0.25) is 0 Å². The highest BCUT2D eigenvalue weighted by Gasteiger charge is 2.24. The van der Waals surface area contributed by atoms with E-state index in [2.05, 4.69) is 25.4 Å². The Labute approximate surface area is 157 Å². The van der Waals surface area contributed by atoms with Crippen LogP contribution in [0.5, 0.6) is 0 Å². The van der Waals surface area contributed by atoms with Crippen LogP contribution in [-0.2, 0) is 10.0 Å². The van der Waals surface area contributed by atoms with E-state index in [1.165, 1.54) is 13.0 Å². The summed E-state index contributed by atoms with van der Waals surface area (Å²) in [6, 6.07) is 11.0. The smallest absolute Gasteiger partial charge is 0.268 e. The summed E-state index contributed by atoms with van der Waals surface area (Å²) in [6.07, 6.45) is 0. The molecule has 0 atom stereocenters. The molecule has 0 bridgehead atoms. The van der Waals surface area contributed by atoms with Gasteiger partial charge >= 0.3 is 0 Å². The molecule has 0 spiro atoms. The van der Waals surface area contributed by atoms with Gasteiger partial charge in [-0.05, 0) is 50.2 Å². The third kappa shape index (κ3) is 4.17. The van der Waals surface area contributed by atoms with Crippen LogP contribution in [0.15, 0.2) is 45.8 Å². The predicted molar refractivity (Wildman–Crippen MR) is 103 cm³/mol. The Balaban J connectivity index is 1.72. The van der Waals surface area contributed by atoms with Crippen molar-refractivity contribution >= 4 is 33.0 Å². The van der Waals surface area contributed by atoms with Gasteiger partial charge in [0.1, 0.15) is 5.69 Å². The maximum Gasteiger partial charge on any atom is 0.268 e. The van der Waals surface area contributed by atoms with Gasteiger partial charge in [-0.3, -0.25) is 4.72 Å². The number of hydrogen-bond donors (Lipinski definition) is 2. The lowest BCUT2D eigenvalue weighted by molar-refractivity contribution is 0.390. The second kappa shape index (κ2) is 7.23. The minimum atomic E-state index is -3.85. The fraction of sp³-hybridized carbons (Fsp3) is 0.235. The molecule has 0 fully saturated rings. The molecule has 27 heavy (non-hydrogen) atoms. The summed E-state index contributed by atoms with van der Waals surface area (Å²) in [5.41, 5.74) is 2.21. The van der Waals surface area contributed by atoms with Crippen molar-refractivity contribution in [2.75, 3.05) is 29.0 Å². The summed E-state index contributed by atoms with van der Waals surface area (Å²) in [7, 11) is 0.0872. The van der Waals surface area contributed by atoms with Crippen LogP contribution in [-0.4, -0.2) is 37.9 Å². The first kappa shape index (κ1) is 18.6. The molecule has 0 saturated carbocycles. The Bertz CT molecular complexity index is 1010. The standard InChI is InChI=1S/C17H20N6O3S/c1-11-17(12(2)26-21-11)27(24,25)22-16-10-9-15(19-20-16)18-13-5-7-14(8-6-13)23(3)4/h5-10H,1-4H3,(H,18,19)(H,20,22). The molecule has 0 amide bonds. The first-order valence-corrected chi connectivity index (χ1v) is 9.58.